The molecule has 3 rings (SSSR count). The molecule has 1 unspecified atom stereocenters. The van der Waals surface area contributed by atoms with E-state index in [-0.39, 0.29) is 18.5 Å². The topological polar surface area (TPSA) is 65.8 Å². The minimum absolute atomic E-state index is 0.0779. The first-order valence-corrected chi connectivity index (χ1v) is 8.51. The Morgan fingerprint density at radius 1 is 1.38 bits per heavy atom. The lowest BCUT2D eigenvalue weighted by Gasteiger charge is -2.28. The Hall–Kier alpha value is -2.26. The highest BCUT2D eigenvalue weighted by Crippen LogP contribution is 2.38. The molecule has 1 amide bonds. The van der Waals surface area contributed by atoms with Gasteiger partial charge in [-0.05, 0) is 37.1 Å². The summed E-state index contributed by atoms with van der Waals surface area (Å²) in [6, 6.07) is 8.15. The fourth-order valence-corrected chi connectivity index (χ4v) is 3.34. The van der Waals surface area contributed by atoms with Gasteiger partial charge in [0.2, 0.25) is 5.91 Å². The summed E-state index contributed by atoms with van der Waals surface area (Å²) in [6.45, 7) is 5.14. The number of nitrogens with zero attached hydrogens (tertiary/aromatic N) is 3. The Balaban J connectivity index is 1.73. The Morgan fingerprint density at radius 2 is 2.17 bits per heavy atom. The van der Waals surface area contributed by atoms with Crippen LogP contribution in [0.4, 0.5) is 0 Å². The highest BCUT2D eigenvalue weighted by atomic mass is 16.6. The minimum Gasteiger partial charge on any atom is -0.486 e. The number of likely N-dealkylation sites (N-methyl/N-ethyl adjacent to an activating group) is 1. The molecule has 0 bridgehead atoms. The second-order valence-electron chi connectivity index (χ2n) is 6.11. The Kier molecular flexibility index (Phi) is 5.21. The molecule has 0 saturated carbocycles. The van der Waals surface area contributed by atoms with Crippen LogP contribution in [0.15, 0.2) is 18.2 Å². The van der Waals surface area contributed by atoms with Gasteiger partial charge in [0.15, 0.2) is 11.5 Å². The van der Waals surface area contributed by atoms with Gasteiger partial charge in [-0.15, -0.1) is 0 Å². The van der Waals surface area contributed by atoms with Crippen LogP contribution in [-0.2, 0) is 4.79 Å². The molecule has 1 aromatic carbocycles. The van der Waals surface area contributed by atoms with Crippen molar-refractivity contribution in [3.8, 4) is 17.6 Å². The highest BCUT2D eigenvalue weighted by molar-refractivity contribution is 5.79. The molecule has 0 aliphatic carbocycles. The third-order valence-electron chi connectivity index (χ3n) is 4.62. The monoisotopic (exact) mass is 329 g/mol. The van der Waals surface area contributed by atoms with Crippen molar-refractivity contribution in [2.24, 2.45) is 0 Å². The number of hydrogen-bond donors (Lipinski definition) is 0. The van der Waals surface area contributed by atoms with Crippen molar-refractivity contribution in [1.29, 1.82) is 5.26 Å². The van der Waals surface area contributed by atoms with Crippen molar-refractivity contribution in [2.75, 3.05) is 39.4 Å². The van der Waals surface area contributed by atoms with Gasteiger partial charge >= 0.3 is 0 Å². The van der Waals surface area contributed by atoms with Gasteiger partial charge in [0.1, 0.15) is 13.2 Å². The molecule has 0 spiro atoms. The van der Waals surface area contributed by atoms with Crippen molar-refractivity contribution < 1.29 is 14.3 Å². The van der Waals surface area contributed by atoms with Crippen LogP contribution in [0.5, 0.6) is 11.5 Å². The van der Waals surface area contributed by atoms with Crippen LogP contribution in [0.2, 0.25) is 0 Å². The van der Waals surface area contributed by atoms with Gasteiger partial charge in [-0.1, -0.05) is 13.0 Å². The van der Waals surface area contributed by atoms with Gasteiger partial charge < -0.3 is 14.4 Å². The third kappa shape index (κ3) is 3.46. The zero-order valence-corrected chi connectivity index (χ0v) is 14.0. The molecular formula is C18H23N3O3. The summed E-state index contributed by atoms with van der Waals surface area (Å²) < 4.78 is 11.2. The number of rotatable bonds is 5. The number of ether oxygens (including phenoxy) is 2. The highest BCUT2D eigenvalue weighted by Gasteiger charge is 2.31. The van der Waals surface area contributed by atoms with Crippen molar-refractivity contribution >= 4 is 5.91 Å². The van der Waals surface area contributed by atoms with Gasteiger partial charge in [0, 0.05) is 6.54 Å². The second-order valence-corrected chi connectivity index (χ2v) is 6.11. The number of amides is 1. The lowest BCUT2D eigenvalue weighted by Crippen LogP contribution is -2.40. The van der Waals surface area contributed by atoms with E-state index in [0.717, 1.165) is 36.4 Å². The summed E-state index contributed by atoms with van der Waals surface area (Å²) in [5.41, 5.74) is 1.09. The Bertz CT molecular complexity index is 641. The van der Waals surface area contributed by atoms with E-state index in [4.69, 9.17) is 14.7 Å². The van der Waals surface area contributed by atoms with E-state index in [9.17, 15) is 4.79 Å². The summed E-state index contributed by atoms with van der Waals surface area (Å²) in [5.74, 6) is 1.62. The van der Waals surface area contributed by atoms with Gasteiger partial charge in [-0.25, -0.2) is 0 Å². The Morgan fingerprint density at radius 3 is 2.92 bits per heavy atom. The molecule has 24 heavy (non-hydrogen) atoms. The lowest BCUT2D eigenvalue weighted by molar-refractivity contribution is -0.133. The fourth-order valence-electron chi connectivity index (χ4n) is 3.34. The van der Waals surface area contributed by atoms with E-state index in [1.54, 1.807) is 0 Å². The first kappa shape index (κ1) is 16.6. The molecule has 2 aliphatic heterocycles. The van der Waals surface area contributed by atoms with E-state index in [0.29, 0.717) is 26.3 Å². The number of benzene rings is 1. The predicted molar refractivity (Wildman–Crippen MR) is 88.8 cm³/mol. The van der Waals surface area contributed by atoms with Crippen molar-refractivity contribution in [3.63, 3.8) is 0 Å². The Labute approximate surface area is 142 Å². The lowest BCUT2D eigenvalue weighted by atomic mass is 10.0. The summed E-state index contributed by atoms with van der Waals surface area (Å²) in [5, 5.41) is 8.85. The zero-order valence-electron chi connectivity index (χ0n) is 14.0. The molecule has 6 nitrogen and oxygen atoms in total. The van der Waals surface area contributed by atoms with Crippen LogP contribution in [0.25, 0.3) is 0 Å². The van der Waals surface area contributed by atoms with Crippen LogP contribution in [0.1, 0.15) is 31.4 Å². The molecule has 2 heterocycles. The maximum Gasteiger partial charge on any atom is 0.237 e. The molecule has 0 N–H and O–H groups in total. The molecule has 1 aromatic rings. The molecule has 128 valence electrons. The standard InChI is InChI=1S/C18H23N3O3/c1-2-20(9-7-19)13-18(22)21-8-3-4-15(21)14-5-6-16-17(12-14)24-11-10-23-16/h5-6,12,15H,2-4,8-11,13H2,1H3. The minimum atomic E-state index is 0.0779. The van der Waals surface area contributed by atoms with Crippen molar-refractivity contribution in [3.05, 3.63) is 23.8 Å². The number of likely N-dealkylation sites (tertiary alicyclic amines) is 1. The molecule has 1 saturated heterocycles. The maximum absolute atomic E-state index is 12.7. The predicted octanol–water partition coefficient (Wildman–Crippen LogP) is 1.97. The summed E-state index contributed by atoms with van der Waals surface area (Å²) in [7, 11) is 0. The fraction of sp³-hybridized carbons (Fsp3) is 0.556. The first-order chi connectivity index (χ1) is 11.7. The molecule has 6 heteroatoms. The number of fused-ring (bicyclic) bond motifs is 1. The first-order valence-electron chi connectivity index (χ1n) is 8.51. The van der Waals surface area contributed by atoms with Crippen LogP contribution >= 0.6 is 0 Å². The van der Waals surface area contributed by atoms with Crippen LogP contribution < -0.4 is 9.47 Å². The average molecular weight is 329 g/mol. The zero-order chi connectivity index (χ0) is 16.9. The van der Waals surface area contributed by atoms with Crippen molar-refractivity contribution in [2.45, 2.75) is 25.8 Å². The second kappa shape index (κ2) is 7.54. The quantitative estimate of drug-likeness (QED) is 0.773. The summed E-state index contributed by atoms with van der Waals surface area (Å²) in [6.07, 6.45) is 1.95. The number of carbonyl (C=O) groups excluding carboxylic acids is 1. The number of carbonyl (C=O) groups is 1. The van der Waals surface area contributed by atoms with E-state index in [1.807, 2.05) is 34.9 Å². The van der Waals surface area contributed by atoms with Crippen molar-refractivity contribution in [1.82, 2.24) is 9.80 Å². The summed E-state index contributed by atoms with van der Waals surface area (Å²) in [4.78, 5) is 16.5. The molecule has 1 fully saturated rings. The van der Waals surface area contributed by atoms with Gasteiger partial charge in [-0.3, -0.25) is 9.69 Å². The normalized spacial score (nSPS) is 19.4. The van der Waals surface area contributed by atoms with E-state index < -0.39 is 0 Å². The maximum atomic E-state index is 12.7. The van der Waals surface area contributed by atoms with E-state index in [1.165, 1.54) is 0 Å². The van der Waals surface area contributed by atoms with Crippen LogP contribution in [0.3, 0.4) is 0 Å². The summed E-state index contributed by atoms with van der Waals surface area (Å²) >= 11 is 0. The molecular weight excluding hydrogens is 306 g/mol. The van der Waals surface area contributed by atoms with Gasteiger partial charge in [0.05, 0.1) is 25.2 Å². The van der Waals surface area contributed by atoms with E-state index in [2.05, 4.69) is 6.07 Å². The SMILES string of the molecule is CCN(CC#N)CC(=O)N1CCCC1c1ccc2c(c1)OCCO2. The molecule has 0 aromatic heterocycles. The number of nitriles is 1. The van der Waals surface area contributed by atoms with Crippen LogP contribution in [-0.4, -0.2) is 55.1 Å². The van der Waals surface area contributed by atoms with E-state index >= 15 is 0 Å². The van der Waals surface area contributed by atoms with Crippen LogP contribution in [0, 0.1) is 11.3 Å². The molecule has 0 radical (unpaired) electrons. The largest absolute Gasteiger partial charge is 0.486 e. The van der Waals surface area contributed by atoms with Gasteiger partial charge in [0.25, 0.3) is 0 Å². The average Bonchev–Trinajstić information content (AvgIpc) is 3.10. The number of hydrogen-bond acceptors (Lipinski definition) is 5. The third-order valence-corrected chi connectivity index (χ3v) is 4.62. The smallest absolute Gasteiger partial charge is 0.237 e. The molecule has 1 atom stereocenters. The van der Waals surface area contributed by atoms with Gasteiger partial charge in [-0.2, -0.15) is 5.26 Å². The molecule has 2 aliphatic rings.